The maximum absolute atomic E-state index is 12.5. The van der Waals surface area contributed by atoms with Gasteiger partial charge in [0.2, 0.25) is 5.91 Å². The predicted octanol–water partition coefficient (Wildman–Crippen LogP) is 6.19. The molecule has 2 aromatic carbocycles. The Morgan fingerprint density at radius 1 is 1.06 bits per heavy atom. The molecule has 33 heavy (non-hydrogen) atoms. The first kappa shape index (κ1) is 23.5. The molecule has 1 amide bonds. The third kappa shape index (κ3) is 6.45. The van der Waals surface area contributed by atoms with Crippen molar-refractivity contribution in [2.24, 2.45) is 0 Å². The Kier molecular flexibility index (Phi) is 7.82. The Morgan fingerprint density at radius 3 is 2.58 bits per heavy atom. The van der Waals surface area contributed by atoms with Crippen LogP contribution >= 0.6 is 46.6 Å². The van der Waals surface area contributed by atoms with Gasteiger partial charge in [0.1, 0.15) is 18.1 Å². The number of carbonyl (C=O) groups excluding carboxylic acids is 1. The molecule has 2 aromatic heterocycles. The Hall–Kier alpha value is -2.65. The number of aromatic nitrogens is 3. The Morgan fingerprint density at radius 2 is 1.85 bits per heavy atom. The van der Waals surface area contributed by atoms with E-state index in [1.807, 2.05) is 10.6 Å². The van der Waals surface area contributed by atoms with Gasteiger partial charge in [-0.2, -0.15) is 0 Å². The summed E-state index contributed by atoms with van der Waals surface area (Å²) in [6.45, 7) is 0.578. The number of thioether (sulfide) groups is 1. The lowest BCUT2D eigenvalue weighted by Crippen LogP contribution is -2.15. The normalized spacial score (nSPS) is 10.9. The van der Waals surface area contributed by atoms with Crippen LogP contribution in [0.5, 0.6) is 5.75 Å². The highest BCUT2D eigenvalue weighted by Crippen LogP contribution is 2.26. The van der Waals surface area contributed by atoms with Crippen molar-refractivity contribution in [3.63, 3.8) is 0 Å². The van der Waals surface area contributed by atoms with E-state index in [1.54, 1.807) is 54.8 Å². The minimum Gasteiger partial charge on any atom is -0.486 e. The van der Waals surface area contributed by atoms with E-state index < -0.39 is 0 Å². The molecule has 0 aliphatic rings. The summed E-state index contributed by atoms with van der Waals surface area (Å²) in [6.07, 6.45) is 1.60. The van der Waals surface area contributed by atoms with E-state index in [1.165, 1.54) is 11.8 Å². The molecule has 0 saturated carbocycles. The lowest BCUT2D eigenvalue weighted by Gasteiger charge is -2.10. The summed E-state index contributed by atoms with van der Waals surface area (Å²) in [5.41, 5.74) is 0.487. The Balaban J connectivity index is 1.44. The number of halogens is 3. The van der Waals surface area contributed by atoms with Gasteiger partial charge in [-0.1, -0.05) is 46.6 Å². The molecule has 0 aliphatic heterocycles. The zero-order chi connectivity index (χ0) is 23.2. The summed E-state index contributed by atoms with van der Waals surface area (Å²) >= 11 is 19.2. The first-order valence-corrected chi connectivity index (χ1v) is 11.8. The van der Waals surface area contributed by atoms with Crippen LogP contribution in [0.25, 0.3) is 0 Å². The molecule has 0 radical (unpaired) electrons. The molecule has 0 unspecified atom stereocenters. The second-order valence-corrected chi connectivity index (χ2v) is 8.99. The number of hydrogen-bond donors (Lipinski definition) is 1. The van der Waals surface area contributed by atoms with Crippen LogP contribution in [0.2, 0.25) is 15.1 Å². The van der Waals surface area contributed by atoms with Gasteiger partial charge in [-0.15, -0.1) is 10.2 Å². The van der Waals surface area contributed by atoms with Gasteiger partial charge in [0.15, 0.2) is 11.0 Å². The lowest BCUT2D eigenvalue weighted by molar-refractivity contribution is -0.113. The number of benzene rings is 2. The van der Waals surface area contributed by atoms with Crippen LogP contribution in [-0.2, 0) is 17.9 Å². The van der Waals surface area contributed by atoms with Crippen molar-refractivity contribution in [1.29, 1.82) is 0 Å². The molecule has 11 heteroatoms. The second-order valence-electron chi connectivity index (χ2n) is 6.77. The molecule has 7 nitrogen and oxygen atoms in total. The van der Waals surface area contributed by atoms with Crippen molar-refractivity contribution < 1.29 is 13.9 Å². The predicted molar refractivity (Wildman–Crippen MR) is 129 cm³/mol. The van der Waals surface area contributed by atoms with E-state index in [2.05, 4.69) is 15.5 Å². The quantitative estimate of drug-likeness (QED) is 0.263. The van der Waals surface area contributed by atoms with Gasteiger partial charge < -0.3 is 14.5 Å². The van der Waals surface area contributed by atoms with Gasteiger partial charge in [0.25, 0.3) is 0 Å². The number of anilines is 1. The van der Waals surface area contributed by atoms with Crippen LogP contribution in [0.3, 0.4) is 0 Å². The highest BCUT2D eigenvalue weighted by Gasteiger charge is 2.17. The molecular weight excluding hydrogens is 507 g/mol. The molecule has 4 aromatic rings. The van der Waals surface area contributed by atoms with Crippen LogP contribution in [0.15, 0.2) is 70.4 Å². The van der Waals surface area contributed by atoms with Gasteiger partial charge in [-0.05, 0) is 54.6 Å². The SMILES string of the molecule is O=C(CSc1nnc(COc2ccc(Cl)cc2)n1Cc1ccco1)Nc1ccc(Cl)cc1Cl. The van der Waals surface area contributed by atoms with E-state index in [-0.39, 0.29) is 18.3 Å². The van der Waals surface area contributed by atoms with Crippen LogP contribution in [0.4, 0.5) is 5.69 Å². The van der Waals surface area contributed by atoms with E-state index >= 15 is 0 Å². The number of amides is 1. The van der Waals surface area contributed by atoms with E-state index in [0.29, 0.717) is 44.0 Å². The molecular formula is C22H17Cl3N4O3S. The first-order valence-electron chi connectivity index (χ1n) is 9.68. The minimum absolute atomic E-state index is 0.104. The summed E-state index contributed by atoms with van der Waals surface area (Å²) in [5.74, 6) is 1.83. The first-order chi connectivity index (χ1) is 16.0. The zero-order valence-corrected chi connectivity index (χ0v) is 20.1. The topological polar surface area (TPSA) is 82.2 Å². The van der Waals surface area contributed by atoms with Crippen molar-refractivity contribution >= 4 is 58.2 Å². The number of hydrogen-bond acceptors (Lipinski definition) is 6. The van der Waals surface area contributed by atoms with E-state index in [0.717, 1.165) is 5.76 Å². The summed E-state index contributed by atoms with van der Waals surface area (Å²) in [7, 11) is 0. The maximum Gasteiger partial charge on any atom is 0.234 e. The Bertz CT molecular complexity index is 1230. The third-order valence-electron chi connectivity index (χ3n) is 4.41. The molecule has 0 fully saturated rings. The van der Waals surface area contributed by atoms with Crippen molar-refractivity contribution in [1.82, 2.24) is 14.8 Å². The van der Waals surface area contributed by atoms with Crippen LogP contribution in [0.1, 0.15) is 11.6 Å². The van der Waals surface area contributed by atoms with Gasteiger partial charge in [0, 0.05) is 10.0 Å². The fourth-order valence-corrected chi connectivity index (χ4v) is 4.17. The molecule has 0 aliphatic carbocycles. The largest absolute Gasteiger partial charge is 0.486 e. The van der Waals surface area contributed by atoms with Gasteiger partial charge in [-0.25, -0.2) is 0 Å². The highest BCUT2D eigenvalue weighted by molar-refractivity contribution is 7.99. The summed E-state index contributed by atoms with van der Waals surface area (Å²) in [4.78, 5) is 12.5. The maximum atomic E-state index is 12.5. The third-order valence-corrected chi connectivity index (χ3v) is 6.17. The van der Waals surface area contributed by atoms with Crippen molar-refractivity contribution in [3.8, 4) is 5.75 Å². The molecule has 1 N–H and O–H groups in total. The highest BCUT2D eigenvalue weighted by atomic mass is 35.5. The number of ether oxygens (including phenoxy) is 1. The minimum atomic E-state index is -0.240. The van der Waals surface area contributed by atoms with Gasteiger partial charge >= 0.3 is 0 Å². The van der Waals surface area contributed by atoms with Crippen LogP contribution in [-0.4, -0.2) is 26.4 Å². The summed E-state index contributed by atoms with van der Waals surface area (Å²) < 4.78 is 13.1. The molecule has 2 heterocycles. The number of nitrogens with one attached hydrogen (secondary N) is 1. The van der Waals surface area contributed by atoms with E-state index in [4.69, 9.17) is 44.0 Å². The number of nitrogens with zero attached hydrogens (tertiary/aromatic N) is 3. The average molecular weight is 524 g/mol. The molecule has 170 valence electrons. The fourth-order valence-electron chi connectivity index (χ4n) is 2.84. The number of carbonyl (C=O) groups is 1. The van der Waals surface area contributed by atoms with Gasteiger partial charge in [0.05, 0.1) is 29.3 Å². The fraction of sp³-hybridized carbons (Fsp3) is 0.136. The number of furan rings is 1. The molecule has 0 atom stereocenters. The van der Waals surface area contributed by atoms with Crippen molar-refractivity contribution in [2.45, 2.75) is 18.3 Å². The summed E-state index contributed by atoms with van der Waals surface area (Å²) in [6, 6.07) is 15.6. The smallest absolute Gasteiger partial charge is 0.234 e. The standard InChI is InChI=1S/C22H17Cl3N4O3S/c23-14-3-6-16(7-4-14)32-12-20-27-28-22(29(20)11-17-2-1-9-31-17)33-13-21(30)26-19-8-5-15(24)10-18(19)25/h1-10H,11-13H2,(H,26,30). The van der Waals surface area contributed by atoms with Crippen LogP contribution in [0, 0.1) is 0 Å². The van der Waals surface area contributed by atoms with E-state index in [9.17, 15) is 4.79 Å². The van der Waals surface area contributed by atoms with Crippen LogP contribution < -0.4 is 10.1 Å². The molecule has 0 saturated heterocycles. The molecule has 0 spiro atoms. The Labute approximate surface area is 209 Å². The average Bonchev–Trinajstić information content (AvgIpc) is 3.44. The summed E-state index contributed by atoms with van der Waals surface area (Å²) in [5, 5.41) is 13.3. The van der Waals surface area contributed by atoms with Gasteiger partial charge in [-0.3, -0.25) is 9.36 Å². The number of rotatable bonds is 9. The second kappa shape index (κ2) is 11.0. The van der Waals surface area contributed by atoms with Crippen molar-refractivity contribution in [2.75, 3.05) is 11.1 Å². The zero-order valence-electron chi connectivity index (χ0n) is 17.0. The van der Waals surface area contributed by atoms with Crippen molar-refractivity contribution in [3.05, 3.63) is 87.5 Å². The molecule has 4 rings (SSSR count). The molecule has 0 bridgehead atoms. The monoisotopic (exact) mass is 522 g/mol. The lowest BCUT2D eigenvalue weighted by atomic mass is 10.3.